The van der Waals surface area contributed by atoms with Crippen molar-refractivity contribution in [3.8, 4) is 0 Å². The number of aryl methyl sites for hydroxylation is 1. The van der Waals surface area contributed by atoms with E-state index < -0.39 is 0 Å². The monoisotopic (exact) mass is 325 g/mol. The topological polar surface area (TPSA) is 25.2 Å². The number of hydrogen-bond acceptors (Lipinski definition) is 3. The molecule has 0 aliphatic heterocycles. The van der Waals surface area contributed by atoms with Crippen LogP contribution in [0.25, 0.3) is 0 Å². The molecule has 0 saturated heterocycles. The Morgan fingerprint density at radius 3 is 2.78 bits per heavy atom. The van der Waals surface area contributed by atoms with Crippen molar-refractivity contribution in [2.24, 2.45) is 0 Å². The Balaban J connectivity index is 2.00. The zero-order chi connectivity index (χ0) is 13.0. The lowest BCUT2D eigenvalue weighted by Gasteiger charge is -2.08. The molecule has 0 saturated carbocycles. The number of halogens is 1. The third-order valence-corrected chi connectivity index (χ3v) is 4.27. The fourth-order valence-electron chi connectivity index (χ4n) is 1.70. The van der Waals surface area contributed by atoms with Crippen molar-refractivity contribution < 1.29 is 4.42 Å². The van der Waals surface area contributed by atoms with Gasteiger partial charge >= 0.3 is 0 Å². The molecule has 0 atom stereocenters. The standard InChI is InChI=1S/C14H16BrNOS/c1-10-4-3-5-13(14(10)15)16-8-11-6-7-12(17-11)9-18-2/h3-7,16H,8-9H2,1-2H3. The van der Waals surface area contributed by atoms with Crippen LogP contribution in [0.3, 0.4) is 0 Å². The molecule has 0 fully saturated rings. The van der Waals surface area contributed by atoms with Crippen molar-refractivity contribution in [2.45, 2.75) is 19.2 Å². The first-order valence-electron chi connectivity index (χ1n) is 5.76. The van der Waals surface area contributed by atoms with Crippen LogP contribution in [0.1, 0.15) is 17.1 Å². The van der Waals surface area contributed by atoms with E-state index in [1.165, 1.54) is 5.56 Å². The maximum atomic E-state index is 5.72. The Bertz CT molecular complexity index is 524. The smallest absolute Gasteiger partial charge is 0.123 e. The lowest BCUT2D eigenvalue weighted by Crippen LogP contribution is -1.99. The Morgan fingerprint density at radius 2 is 2.00 bits per heavy atom. The molecule has 0 radical (unpaired) electrons. The van der Waals surface area contributed by atoms with E-state index in [0.717, 1.165) is 27.4 Å². The second-order valence-electron chi connectivity index (χ2n) is 4.09. The molecule has 18 heavy (non-hydrogen) atoms. The van der Waals surface area contributed by atoms with Gasteiger partial charge in [-0.25, -0.2) is 0 Å². The summed E-state index contributed by atoms with van der Waals surface area (Å²) in [6, 6.07) is 10.3. The van der Waals surface area contributed by atoms with Gasteiger partial charge in [0.2, 0.25) is 0 Å². The van der Waals surface area contributed by atoms with E-state index in [4.69, 9.17) is 4.42 Å². The minimum Gasteiger partial charge on any atom is -0.463 e. The molecule has 2 nitrogen and oxygen atoms in total. The summed E-state index contributed by atoms with van der Waals surface area (Å²) in [6.45, 7) is 2.79. The van der Waals surface area contributed by atoms with Gasteiger partial charge in [-0.2, -0.15) is 11.8 Å². The van der Waals surface area contributed by atoms with Crippen LogP contribution in [0.15, 0.2) is 39.2 Å². The Hall–Kier alpha value is -0.870. The van der Waals surface area contributed by atoms with E-state index in [-0.39, 0.29) is 0 Å². The molecule has 0 aliphatic carbocycles. The van der Waals surface area contributed by atoms with Gasteiger partial charge in [0.25, 0.3) is 0 Å². The van der Waals surface area contributed by atoms with Crippen molar-refractivity contribution in [1.29, 1.82) is 0 Å². The molecular formula is C14H16BrNOS. The van der Waals surface area contributed by atoms with Crippen molar-refractivity contribution in [1.82, 2.24) is 0 Å². The van der Waals surface area contributed by atoms with Crippen LogP contribution < -0.4 is 5.32 Å². The largest absolute Gasteiger partial charge is 0.463 e. The van der Waals surface area contributed by atoms with Gasteiger partial charge in [-0.15, -0.1) is 0 Å². The van der Waals surface area contributed by atoms with Gasteiger partial charge in [0, 0.05) is 10.2 Å². The summed E-state index contributed by atoms with van der Waals surface area (Å²) in [4.78, 5) is 0. The minimum atomic E-state index is 0.705. The van der Waals surface area contributed by atoms with Crippen LogP contribution in [0.5, 0.6) is 0 Å². The number of hydrogen-bond donors (Lipinski definition) is 1. The number of rotatable bonds is 5. The highest BCUT2D eigenvalue weighted by molar-refractivity contribution is 9.10. The first-order valence-corrected chi connectivity index (χ1v) is 7.95. The molecule has 1 N–H and O–H groups in total. The van der Waals surface area contributed by atoms with Gasteiger partial charge in [-0.3, -0.25) is 0 Å². The molecular weight excluding hydrogens is 310 g/mol. The highest BCUT2D eigenvalue weighted by Crippen LogP contribution is 2.26. The Kier molecular flexibility index (Phi) is 4.78. The number of benzene rings is 1. The van der Waals surface area contributed by atoms with Crippen LogP contribution in [0.4, 0.5) is 5.69 Å². The van der Waals surface area contributed by atoms with E-state index in [0.29, 0.717) is 6.54 Å². The molecule has 0 amide bonds. The summed E-state index contributed by atoms with van der Waals surface area (Å²) in [6.07, 6.45) is 2.07. The van der Waals surface area contributed by atoms with Crippen LogP contribution in [-0.2, 0) is 12.3 Å². The van der Waals surface area contributed by atoms with E-state index in [9.17, 15) is 0 Å². The maximum Gasteiger partial charge on any atom is 0.123 e. The molecule has 1 heterocycles. The summed E-state index contributed by atoms with van der Waals surface area (Å²) in [5.74, 6) is 2.92. The van der Waals surface area contributed by atoms with Crippen molar-refractivity contribution in [2.75, 3.05) is 11.6 Å². The second kappa shape index (κ2) is 6.34. The first-order chi connectivity index (χ1) is 8.70. The normalized spacial score (nSPS) is 10.6. The van der Waals surface area contributed by atoms with Gasteiger partial charge in [0.15, 0.2) is 0 Å². The fourth-order valence-corrected chi connectivity index (χ4v) is 2.55. The predicted octanol–water partition coefficient (Wildman–Crippen LogP) is 4.83. The predicted molar refractivity (Wildman–Crippen MR) is 82.1 cm³/mol. The van der Waals surface area contributed by atoms with Crippen LogP contribution >= 0.6 is 27.7 Å². The summed E-state index contributed by atoms with van der Waals surface area (Å²) in [7, 11) is 0. The van der Waals surface area contributed by atoms with E-state index >= 15 is 0 Å². The van der Waals surface area contributed by atoms with Crippen LogP contribution in [-0.4, -0.2) is 6.26 Å². The molecule has 0 unspecified atom stereocenters. The number of furan rings is 1. The molecule has 1 aromatic heterocycles. The quantitative estimate of drug-likeness (QED) is 0.852. The number of anilines is 1. The molecule has 0 aliphatic rings. The van der Waals surface area contributed by atoms with Gasteiger partial charge in [0.05, 0.1) is 12.3 Å². The van der Waals surface area contributed by atoms with Gasteiger partial charge in [-0.1, -0.05) is 12.1 Å². The third-order valence-electron chi connectivity index (χ3n) is 2.65. The summed E-state index contributed by atoms with van der Waals surface area (Å²) >= 11 is 5.35. The van der Waals surface area contributed by atoms with E-state index in [1.807, 2.05) is 18.2 Å². The van der Waals surface area contributed by atoms with Crippen molar-refractivity contribution in [3.63, 3.8) is 0 Å². The van der Waals surface area contributed by atoms with Crippen LogP contribution in [0.2, 0.25) is 0 Å². The molecule has 4 heteroatoms. The highest BCUT2D eigenvalue weighted by atomic mass is 79.9. The summed E-state index contributed by atoms with van der Waals surface area (Å²) in [5.41, 5.74) is 2.32. The summed E-state index contributed by atoms with van der Waals surface area (Å²) < 4.78 is 6.83. The lowest BCUT2D eigenvalue weighted by atomic mass is 10.2. The molecule has 0 bridgehead atoms. The van der Waals surface area contributed by atoms with E-state index in [1.54, 1.807) is 11.8 Å². The fraction of sp³-hybridized carbons (Fsp3) is 0.286. The minimum absolute atomic E-state index is 0.705. The lowest BCUT2D eigenvalue weighted by molar-refractivity contribution is 0.487. The average molecular weight is 326 g/mol. The molecule has 2 rings (SSSR count). The molecule has 2 aromatic rings. The average Bonchev–Trinajstić information content (AvgIpc) is 2.79. The van der Waals surface area contributed by atoms with Crippen LogP contribution in [0, 0.1) is 6.92 Å². The number of thioether (sulfide) groups is 1. The second-order valence-corrected chi connectivity index (χ2v) is 5.75. The third kappa shape index (κ3) is 3.33. The first kappa shape index (κ1) is 13.6. The van der Waals surface area contributed by atoms with E-state index in [2.05, 4.69) is 46.6 Å². The Morgan fingerprint density at radius 1 is 1.22 bits per heavy atom. The number of nitrogens with one attached hydrogen (secondary N) is 1. The zero-order valence-corrected chi connectivity index (χ0v) is 12.9. The van der Waals surface area contributed by atoms with Crippen molar-refractivity contribution >= 4 is 33.4 Å². The Labute approximate surface area is 120 Å². The highest BCUT2D eigenvalue weighted by Gasteiger charge is 2.04. The SMILES string of the molecule is CSCc1ccc(CNc2cccc(C)c2Br)o1. The molecule has 1 aromatic carbocycles. The van der Waals surface area contributed by atoms with Gasteiger partial charge in [-0.05, 0) is 52.9 Å². The molecule has 96 valence electrons. The van der Waals surface area contributed by atoms with Gasteiger partial charge < -0.3 is 9.73 Å². The zero-order valence-electron chi connectivity index (χ0n) is 10.5. The van der Waals surface area contributed by atoms with Crippen molar-refractivity contribution in [3.05, 3.63) is 51.9 Å². The van der Waals surface area contributed by atoms with Gasteiger partial charge in [0.1, 0.15) is 11.5 Å². The molecule has 0 spiro atoms. The maximum absolute atomic E-state index is 5.72. The summed E-state index contributed by atoms with van der Waals surface area (Å²) in [5, 5.41) is 3.38.